The van der Waals surface area contributed by atoms with Crippen molar-refractivity contribution in [2.24, 2.45) is 5.92 Å². The smallest absolute Gasteiger partial charge is 0.303 e. The van der Waals surface area contributed by atoms with Gasteiger partial charge in [0.2, 0.25) is 0 Å². The molecular weight excluding hydrogens is 244 g/mol. The van der Waals surface area contributed by atoms with Crippen molar-refractivity contribution >= 4 is 17.7 Å². The lowest BCUT2D eigenvalue weighted by atomic mass is 9.89. The van der Waals surface area contributed by atoms with Gasteiger partial charge in [-0.15, -0.1) is 0 Å². The molecule has 1 aromatic rings. The Balaban J connectivity index is 1.74. The van der Waals surface area contributed by atoms with Crippen molar-refractivity contribution in [3.8, 4) is 0 Å². The van der Waals surface area contributed by atoms with E-state index >= 15 is 0 Å². The maximum absolute atomic E-state index is 10.9. The molecule has 0 amide bonds. The van der Waals surface area contributed by atoms with Crippen molar-refractivity contribution < 1.29 is 9.90 Å². The fourth-order valence-corrected chi connectivity index (χ4v) is 3.54. The minimum Gasteiger partial charge on any atom is -0.481 e. The lowest BCUT2D eigenvalue weighted by Gasteiger charge is -2.25. The highest BCUT2D eigenvalue weighted by Crippen LogP contribution is 2.45. The quantitative estimate of drug-likeness (QED) is 0.882. The van der Waals surface area contributed by atoms with Crippen LogP contribution in [0.3, 0.4) is 0 Å². The summed E-state index contributed by atoms with van der Waals surface area (Å²) < 4.78 is 0. The van der Waals surface area contributed by atoms with Gasteiger partial charge in [0, 0.05) is 17.4 Å². The largest absolute Gasteiger partial charge is 0.481 e. The molecule has 1 heterocycles. The molecule has 0 spiro atoms. The Labute approximate surface area is 112 Å². The van der Waals surface area contributed by atoms with Crippen molar-refractivity contribution in [2.45, 2.75) is 31.1 Å². The zero-order valence-electron chi connectivity index (χ0n) is 10.3. The van der Waals surface area contributed by atoms with Crippen molar-refractivity contribution in [3.05, 3.63) is 35.4 Å². The zero-order valence-corrected chi connectivity index (χ0v) is 11.2. The molecule has 3 rings (SSSR count). The van der Waals surface area contributed by atoms with E-state index in [0.717, 1.165) is 5.92 Å². The second-order valence-corrected chi connectivity index (χ2v) is 6.52. The third kappa shape index (κ3) is 2.56. The molecule has 96 valence electrons. The Hall–Kier alpha value is -0.960. The lowest BCUT2D eigenvalue weighted by molar-refractivity contribution is -0.137. The predicted octanol–water partition coefficient (Wildman–Crippen LogP) is 3.49. The van der Waals surface area contributed by atoms with Crippen molar-refractivity contribution in [1.82, 2.24) is 0 Å². The number of rotatable bonds is 5. The summed E-state index contributed by atoms with van der Waals surface area (Å²) in [6, 6.07) is 8.72. The molecule has 1 saturated carbocycles. The number of benzene rings is 1. The highest BCUT2D eigenvalue weighted by atomic mass is 32.2. The summed E-state index contributed by atoms with van der Waals surface area (Å²) in [5.74, 6) is 3.36. The van der Waals surface area contributed by atoms with Crippen molar-refractivity contribution in [2.75, 3.05) is 11.5 Å². The van der Waals surface area contributed by atoms with Gasteiger partial charge in [0.1, 0.15) is 0 Å². The zero-order chi connectivity index (χ0) is 12.5. The van der Waals surface area contributed by atoms with E-state index in [0.29, 0.717) is 5.92 Å². The van der Waals surface area contributed by atoms with Gasteiger partial charge in [0.25, 0.3) is 0 Å². The molecule has 0 bridgehead atoms. The topological polar surface area (TPSA) is 37.3 Å². The molecule has 3 heteroatoms. The fraction of sp³-hybridized carbons (Fsp3) is 0.533. The molecule has 2 nitrogen and oxygen atoms in total. The third-order valence-corrected chi connectivity index (χ3v) is 5.34. The Bertz CT molecular complexity index is 432. The number of thioether (sulfide) groups is 1. The van der Waals surface area contributed by atoms with Crippen molar-refractivity contribution in [1.29, 1.82) is 0 Å². The Kier molecular flexibility index (Phi) is 3.33. The molecule has 1 aliphatic heterocycles. The second-order valence-electron chi connectivity index (χ2n) is 5.44. The summed E-state index contributed by atoms with van der Waals surface area (Å²) in [5, 5.41) is 9.01. The Morgan fingerprint density at radius 2 is 1.94 bits per heavy atom. The van der Waals surface area contributed by atoms with E-state index in [9.17, 15) is 4.79 Å². The molecule has 2 fully saturated rings. The van der Waals surface area contributed by atoms with Crippen LogP contribution in [-0.4, -0.2) is 22.6 Å². The molecule has 18 heavy (non-hydrogen) atoms. The van der Waals surface area contributed by atoms with Crippen LogP contribution in [0.15, 0.2) is 24.3 Å². The van der Waals surface area contributed by atoms with Gasteiger partial charge in [-0.05, 0) is 35.8 Å². The summed E-state index contributed by atoms with van der Waals surface area (Å²) in [7, 11) is 0. The van der Waals surface area contributed by atoms with Gasteiger partial charge >= 0.3 is 5.97 Å². The molecular formula is C15H18O2S. The van der Waals surface area contributed by atoms with Crippen LogP contribution in [0.4, 0.5) is 0 Å². The monoisotopic (exact) mass is 262 g/mol. The van der Waals surface area contributed by atoms with Crippen LogP contribution in [0, 0.1) is 5.92 Å². The molecule has 1 saturated heterocycles. The van der Waals surface area contributed by atoms with Crippen LogP contribution in [-0.2, 0) is 4.79 Å². The summed E-state index contributed by atoms with van der Waals surface area (Å²) in [4.78, 5) is 10.9. The number of carboxylic acid groups (broad SMARTS) is 1. The van der Waals surface area contributed by atoms with E-state index in [1.807, 2.05) is 11.8 Å². The standard InChI is InChI=1S/C15H18O2S/c16-15(17)7-14(12-5-6-12)11-3-1-10(2-4-11)13-8-18-9-13/h1-4,12-14H,5-9H2,(H,16,17). The molecule has 1 N–H and O–H groups in total. The van der Waals surface area contributed by atoms with E-state index in [4.69, 9.17) is 5.11 Å². The maximum Gasteiger partial charge on any atom is 0.303 e. The first kappa shape index (κ1) is 12.1. The lowest BCUT2D eigenvalue weighted by Crippen LogP contribution is -2.15. The molecule has 1 atom stereocenters. The molecule has 1 aliphatic carbocycles. The summed E-state index contributed by atoms with van der Waals surface area (Å²) in [5.41, 5.74) is 2.64. The van der Waals surface area contributed by atoms with Crippen LogP contribution < -0.4 is 0 Å². The highest BCUT2D eigenvalue weighted by Gasteiger charge is 2.33. The number of hydrogen-bond donors (Lipinski definition) is 1. The first-order valence-corrected chi connectivity index (χ1v) is 7.79. The molecule has 2 aliphatic rings. The first-order chi connectivity index (χ1) is 8.74. The maximum atomic E-state index is 10.9. The van der Waals surface area contributed by atoms with Crippen LogP contribution in [0.1, 0.15) is 42.2 Å². The van der Waals surface area contributed by atoms with Crippen molar-refractivity contribution in [3.63, 3.8) is 0 Å². The third-order valence-electron chi connectivity index (χ3n) is 4.06. The summed E-state index contributed by atoms with van der Waals surface area (Å²) in [6.07, 6.45) is 2.67. The van der Waals surface area contributed by atoms with E-state index in [1.165, 1.54) is 35.5 Å². The van der Waals surface area contributed by atoms with Gasteiger partial charge in [0.05, 0.1) is 6.42 Å². The van der Waals surface area contributed by atoms with Gasteiger partial charge in [-0.1, -0.05) is 24.3 Å². The molecule has 1 unspecified atom stereocenters. The van der Waals surface area contributed by atoms with Crippen LogP contribution >= 0.6 is 11.8 Å². The van der Waals surface area contributed by atoms with Gasteiger partial charge in [-0.25, -0.2) is 0 Å². The average molecular weight is 262 g/mol. The van der Waals surface area contributed by atoms with Gasteiger partial charge in [0.15, 0.2) is 0 Å². The Morgan fingerprint density at radius 3 is 2.39 bits per heavy atom. The number of carboxylic acids is 1. The van der Waals surface area contributed by atoms with Crippen LogP contribution in [0.5, 0.6) is 0 Å². The van der Waals surface area contributed by atoms with E-state index in [1.54, 1.807) is 0 Å². The van der Waals surface area contributed by atoms with E-state index in [2.05, 4.69) is 24.3 Å². The second kappa shape index (κ2) is 4.96. The number of aliphatic carboxylic acids is 1. The minimum absolute atomic E-state index is 0.229. The van der Waals surface area contributed by atoms with Gasteiger partial charge < -0.3 is 5.11 Å². The van der Waals surface area contributed by atoms with E-state index < -0.39 is 5.97 Å². The average Bonchev–Trinajstić information content (AvgIpc) is 3.08. The highest BCUT2D eigenvalue weighted by molar-refractivity contribution is 8.00. The number of hydrogen-bond acceptors (Lipinski definition) is 2. The van der Waals surface area contributed by atoms with Gasteiger partial charge in [-0.2, -0.15) is 11.8 Å². The SMILES string of the molecule is O=C(O)CC(c1ccc(C2CSC2)cc1)C1CC1. The van der Waals surface area contributed by atoms with Crippen LogP contribution in [0.2, 0.25) is 0 Å². The molecule has 0 radical (unpaired) electrons. The molecule has 0 aromatic heterocycles. The van der Waals surface area contributed by atoms with Gasteiger partial charge in [-0.3, -0.25) is 4.79 Å². The normalized spacial score (nSPS) is 21.3. The summed E-state index contributed by atoms with van der Waals surface area (Å²) in [6.45, 7) is 0. The Morgan fingerprint density at radius 1 is 1.28 bits per heavy atom. The molecule has 1 aromatic carbocycles. The number of carbonyl (C=O) groups is 1. The summed E-state index contributed by atoms with van der Waals surface area (Å²) >= 11 is 2.00. The first-order valence-electron chi connectivity index (χ1n) is 6.63. The fourth-order valence-electron chi connectivity index (χ4n) is 2.69. The van der Waals surface area contributed by atoms with Crippen LogP contribution in [0.25, 0.3) is 0 Å². The minimum atomic E-state index is -0.675. The predicted molar refractivity (Wildman–Crippen MR) is 74.2 cm³/mol. The van der Waals surface area contributed by atoms with E-state index in [-0.39, 0.29) is 12.3 Å².